The second kappa shape index (κ2) is 11.0. The summed E-state index contributed by atoms with van der Waals surface area (Å²) in [5.74, 6) is -5.64. The lowest BCUT2D eigenvalue weighted by Crippen LogP contribution is -2.50. The summed E-state index contributed by atoms with van der Waals surface area (Å²) in [4.78, 5) is 44.1. The van der Waals surface area contributed by atoms with E-state index in [1.807, 2.05) is 0 Å². The number of carbonyl (C=O) groups is 3. The molecule has 204 valence electrons. The Bertz CT molecular complexity index is 1190. The SMILES string of the molecule is CN(C)C(=O)NCC(=O)N1C[C@H](F)C[C@H]1C(=O)N[C@@H](c1ccccc1)c1ccc(C2CC(F)(F)C2)c(F)n1. The van der Waals surface area contributed by atoms with E-state index >= 15 is 0 Å². The van der Waals surface area contributed by atoms with Crippen molar-refractivity contribution in [3.8, 4) is 0 Å². The Balaban J connectivity index is 1.53. The molecule has 4 rings (SSSR count). The van der Waals surface area contributed by atoms with Crippen LogP contribution in [0.3, 0.4) is 0 Å². The van der Waals surface area contributed by atoms with Crippen LogP contribution >= 0.6 is 0 Å². The van der Waals surface area contributed by atoms with Gasteiger partial charge in [0, 0.05) is 38.9 Å². The van der Waals surface area contributed by atoms with Crippen molar-refractivity contribution in [3.05, 3.63) is 65.2 Å². The summed E-state index contributed by atoms with van der Waals surface area (Å²) in [6, 6.07) is 8.83. The second-order valence-electron chi connectivity index (χ2n) is 9.88. The molecule has 0 unspecified atom stereocenters. The zero-order valence-corrected chi connectivity index (χ0v) is 21.0. The Morgan fingerprint density at radius 1 is 1.13 bits per heavy atom. The highest BCUT2D eigenvalue weighted by Gasteiger charge is 2.47. The fourth-order valence-corrected chi connectivity index (χ4v) is 4.74. The summed E-state index contributed by atoms with van der Waals surface area (Å²) < 4.78 is 55.8. The van der Waals surface area contributed by atoms with Crippen LogP contribution in [-0.4, -0.2) is 78.0 Å². The number of likely N-dealkylation sites (tertiary alicyclic amines) is 1. The van der Waals surface area contributed by atoms with Crippen molar-refractivity contribution in [2.45, 2.75) is 49.4 Å². The Labute approximate surface area is 217 Å². The number of amides is 4. The summed E-state index contributed by atoms with van der Waals surface area (Å²) in [5.41, 5.74) is 0.773. The van der Waals surface area contributed by atoms with Crippen LogP contribution in [0.4, 0.5) is 22.4 Å². The molecule has 1 aromatic carbocycles. The molecule has 3 atom stereocenters. The summed E-state index contributed by atoms with van der Waals surface area (Å²) >= 11 is 0. The third-order valence-electron chi connectivity index (χ3n) is 6.81. The van der Waals surface area contributed by atoms with Gasteiger partial charge < -0.3 is 20.4 Å². The van der Waals surface area contributed by atoms with E-state index in [-0.39, 0.29) is 24.2 Å². The average Bonchev–Trinajstić information content (AvgIpc) is 3.26. The minimum atomic E-state index is -2.82. The lowest BCUT2D eigenvalue weighted by Gasteiger charge is -2.35. The fourth-order valence-electron chi connectivity index (χ4n) is 4.74. The van der Waals surface area contributed by atoms with Crippen LogP contribution in [-0.2, 0) is 9.59 Å². The lowest BCUT2D eigenvalue weighted by molar-refractivity contribution is -0.137. The second-order valence-corrected chi connectivity index (χ2v) is 9.88. The normalized spacial score (nSPS) is 21.4. The van der Waals surface area contributed by atoms with E-state index in [4.69, 9.17) is 0 Å². The van der Waals surface area contributed by atoms with Crippen molar-refractivity contribution in [1.82, 2.24) is 25.4 Å². The highest BCUT2D eigenvalue weighted by molar-refractivity contribution is 5.91. The number of rotatable bonds is 7. The van der Waals surface area contributed by atoms with Gasteiger partial charge in [0.15, 0.2) is 0 Å². The summed E-state index contributed by atoms with van der Waals surface area (Å²) in [7, 11) is 3.00. The van der Waals surface area contributed by atoms with Crippen LogP contribution in [0.5, 0.6) is 0 Å². The van der Waals surface area contributed by atoms with E-state index in [0.29, 0.717) is 5.56 Å². The van der Waals surface area contributed by atoms with Crippen molar-refractivity contribution in [3.63, 3.8) is 0 Å². The van der Waals surface area contributed by atoms with Crippen LogP contribution < -0.4 is 10.6 Å². The molecule has 0 radical (unpaired) electrons. The summed E-state index contributed by atoms with van der Waals surface area (Å²) in [5, 5.41) is 5.16. The van der Waals surface area contributed by atoms with Crippen LogP contribution in [0.1, 0.15) is 48.0 Å². The molecule has 12 heteroatoms. The predicted molar refractivity (Wildman–Crippen MR) is 130 cm³/mol. The first-order chi connectivity index (χ1) is 17.9. The van der Waals surface area contributed by atoms with Gasteiger partial charge >= 0.3 is 6.03 Å². The number of nitrogens with one attached hydrogen (secondary N) is 2. The molecule has 2 aromatic rings. The first-order valence-electron chi connectivity index (χ1n) is 12.2. The molecule has 2 N–H and O–H groups in total. The maximum Gasteiger partial charge on any atom is 0.317 e. The highest BCUT2D eigenvalue weighted by atomic mass is 19.3. The molecule has 8 nitrogen and oxygen atoms in total. The zero-order valence-electron chi connectivity index (χ0n) is 21.0. The molecule has 1 saturated heterocycles. The number of hydrogen-bond acceptors (Lipinski definition) is 4. The Morgan fingerprint density at radius 2 is 1.82 bits per heavy atom. The molecule has 2 fully saturated rings. The number of hydrogen-bond donors (Lipinski definition) is 2. The third kappa shape index (κ3) is 6.05. The van der Waals surface area contributed by atoms with E-state index < -0.39 is 73.3 Å². The van der Waals surface area contributed by atoms with Gasteiger partial charge in [0.25, 0.3) is 0 Å². The molecule has 1 saturated carbocycles. The number of aromatic nitrogens is 1. The molecule has 0 spiro atoms. The monoisotopic (exact) mass is 535 g/mol. The molecule has 4 amide bonds. The van der Waals surface area contributed by atoms with Crippen molar-refractivity contribution in [2.24, 2.45) is 0 Å². The summed E-state index contributed by atoms with van der Waals surface area (Å²) in [6.07, 6.45) is -2.58. The Hall–Kier alpha value is -3.70. The van der Waals surface area contributed by atoms with Crippen LogP contribution in [0, 0.1) is 5.95 Å². The maximum atomic E-state index is 14.9. The van der Waals surface area contributed by atoms with Crippen molar-refractivity contribution in [2.75, 3.05) is 27.2 Å². The molecule has 2 aliphatic rings. The first-order valence-corrected chi connectivity index (χ1v) is 12.2. The first kappa shape index (κ1) is 27.3. The van der Waals surface area contributed by atoms with E-state index in [9.17, 15) is 31.9 Å². The molecular weight excluding hydrogens is 506 g/mol. The topological polar surface area (TPSA) is 94.6 Å². The molecule has 38 heavy (non-hydrogen) atoms. The van der Waals surface area contributed by atoms with E-state index in [2.05, 4.69) is 15.6 Å². The largest absolute Gasteiger partial charge is 0.342 e. The van der Waals surface area contributed by atoms with Gasteiger partial charge in [-0.25, -0.2) is 22.9 Å². The predicted octanol–water partition coefficient (Wildman–Crippen LogP) is 3.15. The number of alkyl halides is 3. The van der Waals surface area contributed by atoms with Gasteiger partial charge in [0.2, 0.25) is 23.7 Å². The third-order valence-corrected chi connectivity index (χ3v) is 6.81. The maximum absolute atomic E-state index is 14.9. The number of pyridine rings is 1. The highest BCUT2D eigenvalue weighted by Crippen LogP contribution is 2.48. The van der Waals surface area contributed by atoms with Gasteiger partial charge in [-0.3, -0.25) is 9.59 Å². The molecule has 1 aliphatic heterocycles. The van der Waals surface area contributed by atoms with Gasteiger partial charge in [0.1, 0.15) is 12.2 Å². The molecular formula is C26H29F4N5O3. The molecule has 1 aliphatic carbocycles. The number of halogens is 4. The van der Waals surface area contributed by atoms with E-state index in [1.165, 1.54) is 31.1 Å². The average molecular weight is 536 g/mol. The molecule has 0 bridgehead atoms. The standard InChI is InChI=1S/C26H29F4N5O3/c1-34(2)25(38)31-13-21(36)35-14-17(27)10-20(35)24(37)33-22(15-6-4-3-5-7-15)19-9-8-18(23(28)32-19)16-11-26(29,30)12-16/h3-9,16-17,20,22H,10-14H2,1-2H3,(H,31,38)(H,33,37)/t17-,20+,22+/m1/s1. The van der Waals surface area contributed by atoms with E-state index in [1.54, 1.807) is 30.3 Å². The lowest BCUT2D eigenvalue weighted by atomic mass is 9.77. The van der Waals surface area contributed by atoms with Gasteiger partial charge in [-0.05, 0) is 17.5 Å². The number of nitrogens with zero attached hydrogens (tertiary/aromatic N) is 3. The Morgan fingerprint density at radius 3 is 2.42 bits per heavy atom. The van der Waals surface area contributed by atoms with Crippen LogP contribution in [0.2, 0.25) is 0 Å². The minimum Gasteiger partial charge on any atom is -0.342 e. The van der Waals surface area contributed by atoms with Gasteiger partial charge in [0.05, 0.1) is 24.8 Å². The number of carbonyl (C=O) groups excluding carboxylic acids is 3. The molecule has 1 aromatic heterocycles. The Kier molecular flexibility index (Phi) is 7.89. The van der Waals surface area contributed by atoms with Gasteiger partial charge in [-0.15, -0.1) is 0 Å². The van der Waals surface area contributed by atoms with Gasteiger partial charge in [-0.1, -0.05) is 36.4 Å². The van der Waals surface area contributed by atoms with Crippen molar-refractivity contribution < 1.29 is 31.9 Å². The van der Waals surface area contributed by atoms with Crippen LogP contribution in [0.25, 0.3) is 0 Å². The number of benzene rings is 1. The minimum absolute atomic E-state index is 0.0884. The van der Waals surface area contributed by atoms with Gasteiger partial charge in [-0.2, -0.15) is 4.39 Å². The zero-order chi connectivity index (χ0) is 27.6. The number of urea groups is 1. The summed E-state index contributed by atoms with van der Waals surface area (Å²) in [6.45, 7) is -0.720. The van der Waals surface area contributed by atoms with Crippen molar-refractivity contribution >= 4 is 17.8 Å². The van der Waals surface area contributed by atoms with Crippen LogP contribution in [0.15, 0.2) is 42.5 Å². The van der Waals surface area contributed by atoms with Crippen molar-refractivity contribution in [1.29, 1.82) is 0 Å². The molecule has 2 heterocycles. The quantitative estimate of drug-likeness (QED) is 0.421. The van der Waals surface area contributed by atoms with E-state index in [0.717, 1.165) is 4.90 Å². The fraction of sp³-hybridized carbons (Fsp3) is 0.462. The smallest absolute Gasteiger partial charge is 0.317 e.